The van der Waals surface area contributed by atoms with E-state index in [0.717, 1.165) is 15.5 Å². The lowest BCUT2D eigenvalue weighted by Crippen LogP contribution is -2.23. The van der Waals surface area contributed by atoms with E-state index in [4.69, 9.17) is 0 Å². The quantitative estimate of drug-likeness (QED) is 0.298. The molecule has 0 saturated carbocycles. The van der Waals surface area contributed by atoms with E-state index in [-0.39, 0.29) is 20.5 Å². The average molecular weight is 479 g/mol. The molecule has 0 radical (unpaired) electrons. The topological polar surface area (TPSA) is 53.5 Å². The van der Waals surface area contributed by atoms with E-state index < -0.39 is 0 Å². The van der Waals surface area contributed by atoms with Gasteiger partial charge in [-0.3, -0.25) is 0 Å². The molecule has 0 aromatic carbocycles. The van der Waals surface area contributed by atoms with Gasteiger partial charge < -0.3 is 13.7 Å². The zero-order chi connectivity index (χ0) is 23.0. The van der Waals surface area contributed by atoms with Crippen LogP contribution in [-0.2, 0) is 16.6 Å². The van der Waals surface area contributed by atoms with Gasteiger partial charge in [-0.2, -0.15) is 0 Å². The normalized spacial score (nSPS) is 13.4. The molecule has 31 heavy (non-hydrogen) atoms. The Labute approximate surface area is 199 Å². The summed E-state index contributed by atoms with van der Waals surface area (Å²) in [5.74, 6) is 0. The molecule has 3 rings (SSSR count). The van der Waals surface area contributed by atoms with Crippen LogP contribution in [0.2, 0.25) is 0 Å². The maximum atomic E-state index is 4.67. The van der Waals surface area contributed by atoms with Crippen molar-refractivity contribution in [2.75, 3.05) is 0 Å². The highest BCUT2D eigenvalue weighted by Crippen LogP contribution is 2.45. The highest BCUT2D eigenvalue weighted by Gasteiger charge is 2.27. The van der Waals surface area contributed by atoms with Crippen LogP contribution < -0.4 is 0 Å². The number of aromatic nitrogens is 6. The molecule has 170 valence electrons. The molecule has 0 fully saturated rings. The molecule has 0 atom stereocenters. The number of rotatable bonds is 6. The summed E-state index contributed by atoms with van der Waals surface area (Å²) in [6, 6.07) is 0. The monoisotopic (exact) mass is 478 g/mol. The predicted octanol–water partition coefficient (Wildman–Crippen LogP) is 6.50. The Bertz CT molecular complexity index is 869. The van der Waals surface area contributed by atoms with Crippen molar-refractivity contribution in [1.82, 2.24) is 28.7 Å². The van der Waals surface area contributed by atoms with Gasteiger partial charge in [-0.15, -0.1) is 0 Å². The Morgan fingerprint density at radius 3 is 1.03 bits per heavy atom. The molecule has 0 aliphatic rings. The van der Waals surface area contributed by atoms with Crippen molar-refractivity contribution in [3.8, 4) is 0 Å². The van der Waals surface area contributed by atoms with Gasteiger partial charge in [0.05, 0.1) is 0 Å². The van der Waals surface area contributed by atoms with Gasteiger partial charge in [0, 0.05) is 53.8 Å². The van der Waals surface area contributed by atoms with E-state index in [1.807, 2.05) is 18.6 Å². The van der Waals surface area contributed by atoms with Crippen molar-refractivity contribution in [3.63, 3.8) is 0 Å². The van der Waals surface area contributed by atoms with Crippen LogP contribution in [0.4, 0.5) is 0 Å². The standard InChI is InChI=1S/C22H34N6S3/c1-20(2,3)26-13-10-23-16(26)29-19(30-17-24-11-14-27(17)21(4,5)6)31-18-25-12-15-28(18)22(7,8)9/h10-15,19H,1-9H3. The summed E-state index contributed by atoms with van der Waals surface area (Å²) in [6.45, 7) is 19.8. The zero-order valence-corrected chi connectivity index (χ0v) is 22.4. The van der Waals surface area contributed by atoms with Crippen LogP contribution in [-0.4, -0.2) is 32.6 Å². The van der Waals surface area contributed by atoms with Crippen molar-refractivity contribution in [3.05, 3.63) is 37.2 Å². The van der Waals surface area contributed by atoms with E-state index in [1.54, 1.807) is 35.3 Å². The van der Waals surface area contributed by atoms with Gasteiger partial charge in [-0.05, 0) is 62.3 Å². The first-order valence-corrected chi connectivity index (χ1v) is 13.0. The summed E-state index contributed by atoms with van der Waals surface area (Å²) < 4.78 is 6.80. The summed E-state index contributed by atoms with van der Waals surface area (Å²) >= 11 is 5.27. The minimum atomic E-state index is -0.0352. The molecule has 0 bridgehead atoms. The second-order valence-electron chi connectivity index (χ2n) is 10.4. The number of thioether (sulfide) groups is 3. The second-order valence-corrected chi connectivity index (χ2v) is 14.5. The Balaban J connectivity index is 1.95. The third kappa shape index (κ3) is 5.93. The zero-order valence-electron chi connectivity index (χ0n) is 19.9. The van der Waals surface area contributed by atoms with Crippen LogP contribution in [0.25, 0.3) is 0 Å². The molecule has 0 aliphatic heterocycles. The minimum Gasteiger partial charge on any atom is -0.321 e. The van der Waals surface area contributed by atoms with Gasteiger partial charge in [-0.25, -0.2) is 15.0 Å². The van der Waals surface area contributed by atoms with E-state index in [2.05, 4.69) is 110 Å². The molecule has 3 aromatic rings. The predicted molar refractivity (Wildman–Crippen MR) is 133 cm³/mol. The van der Waals surface area contributed by atoms with Gasteiger partial charge in [0.25, 0.3) is 0 Å². The summed E-state index contributed by atoms with van der Waals surface area (Å²) in [5, 5.41) is 3.00. The lowest BCUT2D eigenvalue weighted by molar-refractivity contribution is 0.367. The Hall–Kier alpha value is -1.32. The molecule has 0 saturated heterocycles. The van der Waals surface area contributed by atoms with Gasteiger partial charge in [0.15, 0.2) is 15.5 Å². The van der Waals surface area contributed by atoms with Crippen molar-refractivity contribution in [2.24, 2.45) is 0 Å². The van der Waals surface area contributed by atoms with E-state index in [1.165, 1.54) is 0 Å². The third-order valence-corrected chi connectivity index (χ3v) is 8.44. The highest BCUT2D eigenvalue weighted by molar-refractivity contribution is 8.32. The molecule has 0 amide bonds. The Kier molecular flexibility index (Phi) is 6.99. The maximum Gasteiger partial charge on any atom is 0.170 e. The lowest BCUT2D eigenvalue weighted by Gasteiger charge is -2.27. The molecule has 3 aromatic heterocycles. The van der Waals surface area contributed by atoms with Crippen molar-refractivity contribution >= 4 is 35.3 Å². The number of hydrogen-bond acceptors (Lipinski definition) is 6. The lowest BCUT2D eigenvalue weighted by atomic mass is 10.1. The first-order valence-electron chi connectivity index (χ1n) is 10.4. The van der Waals surface area contributed by atoms with Crippen LogP contribution in [0.15, 0.2) is 52.7 Å². The number of imidazole rings is 3. The molecule has 6 nitrogen and oxygen atoms in total. The van der Waals surface area contributed by atoms with Crippen LogP contribution >= 0.6 is 35.3 Å². The van der Waals surface area contributed by atoms with Gasteiger partial charge in [0.1, 0.15) is 3.91 Å². The largest absolute Gasteiger partial charge is 0.321 e. The molecule has 0 N–H and O–H groups in total. The number of nitrogens with zero attached hydrogens (tertiary/aromatic N) is 6. The minimum absolute atomic E-state index is 0.0352. The second kappa shape index (κ2) is 8.90. The van der Waals surface area contributed by atoms with E-state index in [0.29, 0.717) is 0 Å². The molecule has 0 unspecified atom stereocenters. The van der Waals surface area contributed by atoms with Crippen LogP contribution in [0.5, 0.6) is 0 Å². The van der Waals surface area contributed by atoms with Crippen LogP contribution in [0, 0.1) is 0 Å². The fourth-order valence-corrected chi connectivity index (χ4v) is 7.35. The Morgan fingerprint density at radius 2 is 0.806 bits per heavy atom. The van der Waals surface area contributed by atoms with Crippen LogP contribution in [0.1, 0.15) is 62.3 Å². The smallest absolute Gasteiger partial charge is 0.170 e. The fourth-order valence-electron chi connectivity index (χ4n) is 2.99. The molecule has 0 spiro atoms. The maximum absolute atomic E-state index is 4.67. The SMILES string of the molecule is CC(C)(C)n1ccnc1SC(Sc1nccn1C(C)(C)C)Sc1nccn1C(C)(C)C. The fraction of sp³-hybridized carbons (Fsp3) is 0.591. The molecule has 3 heterocycles. The van der Waals surface area contributed by atoms with Crippen molar-refractivity contribution in [1.29, 1.82) is 0 Å². The molecular formula is C22H34N6S3. The van der Waals surface area contributed by atoms with Gasteiger partial charge in [-0.1, -0.05) is 35.3 Å². The first-order chi connectivity index (χ1) is 14.3. The van der Waals surface area contributed by atoms with Crippen molar-refractivity contribution < 1.29 is 0 Å². The van der Waals surface area contributed by atoms with E-state index >= 15 is 0 Å². The number of hydrogen-bond donors (Lipinski definition) is 0. The molecule has 9 heteroatoms. The summed E-state index contributed by atoms with van der Waals surface area (Å²) in [5.41, 5.74) is -0.106. The third-order valence-electron chi connectivity index (χ3n) is 4.59. The molecule has 0 aliphatic carbocycles. The average Bonchev–Trinajstić information content (AvgIpc) is 3.32. The first kappa shape index (κ1) is 24.3. The van der Waals surface area contributed by atoms with Gasteiger partial charge in [0.2, 0.25) is 0 Å². The molecular weight excluding hydrogens is 444 g/mol. The van der Waals surface area contributed by atoms with Crippen LogP contribution in [0.3, 0.4) is 0 Å². The van der Waals surface area contributed by atoms with Gasteiger partial charge >= 0.3 is 0 Å². The van der Waals surface area contributed by atoms with Crippen molar-refractivity contribution in [2.45, 2.75) is 98.3 Å². The summed E-state index contributed by atoms with van der Waals surface area (Å²) in [7, 11) is 0. The highest BCUT2D eigenvalue weighted by atomic mass is 32.3. The van der Waals surface area contributed by atoms with E-state index in [9.17, 15) is 0 Å². The summed E-state index contributed by atoms with van der Waals surface area (Å²) in [4.78, 5) is 14.0. The summed E-state index contributed by atoms with van der Waals surface area (Å²) in [6.07, 6.45) is 11.8. The Morgan fingerprint density at radius 1 is 0.548 bits per heavy atom.